The summed E-state index contributed by atoms with van der Waals surface area (Å²) in [6, 6.07) is 3.94. The number of carbonyl (C=O) groups is 1. The van der Waals surface area contributed by atoms with Gasteiger partial charge >= 0.3 is 0 Å². The van der Waals surface area contributed by atoms with E-state index in [4.69, 9.17) is 9.47 Å². The molecule has 4 rings (SSSR count). The summed E-state index contributed by atoms with van der Waals surface area (Å²) in [5, 5.41) is 0. The molecule has 1 amide bonds. The molecule has 124 valence electrons. The van der Waals surface area contributed by atoms with E-state index in [1.54, 1.807) is 6.20 Å². The summed E-state index contributed by atoms with van der Waals surface area (Å²) in [6.45, 7) is 4.30. The summed E-state index contributed by atoms with van der Waals surface area (Å²) in [5.41, 5.74) is 1.07. The van der Waals surface area contributed by atoms with Gasteiger partial charge in [0.15, 0.2) is 0 Å². The van der Waals surface area contributed by atoms with Crippen molar-refractivity contribution in [3.63, 3.8) is 0 Å². The van der Waals surface area contributed by atoms with Crippen LogP contribution in [0.5, 0.6) is 0 Å². The number of hydrogen-bond acceptors (Lipinski definition) is 4. The summed E-state index contributed by atoms with van der Waals surface area (Å²) in [6.07, 6.45) is 6.79. The largest absolute Gasteiger partial charge is 0.380 e. The fraction of sp³-hybridized carbons (Fsp3) is 0.667. The van der Waals surface area contributed by atoms with Crippen LogP contribution >= 0.6 is 0 Å². The van der Waals surface area contributed by atoms with Gasteiger partial charge in [-0.2, -0.15) is 0 Å². The molecule has 23 heavy (non-hydrogen) atoms. The van der Waals surface area contributed by atoms with E-state index in [1.807, 2.05) is 18.3 Å². The number of amides is 1. The van der Waals surface area contributed by atoms with Crippen LogP contribution in [0.4, 0.5) is 0 Å². The van der Waals surface area contributed by atoms with Crippen molar-refractivity contribution < 1.29 is 14.3 Å². The molecule has 2 aliphatic heterocycles. The second-order valence-corrected chi connectivity index (χ2v) is 7.35. The number of likely N-dealkylation sites (tertiary alicyclic amines) is 1. The standard InChI is InChI=1S/C18H24N2O3/c21-17(6-14-3-4-14)20-8-16-10-23-13-18(16,11-20)12-22-9-15-2-1-5-19-7-15/h1-2,5,7,14,16H,3-4,6,8-13H2/t16-,18-/m1/s1. The zero-order valence-corrected chi connectivity index (χ0v) is 13.4. The van der Waals surface area contributed by atoms with Crippen LogP contribution in [-0.4, -0.2) is 48.7 Å². The number of ether oxygens (including phenoxy) is 2. The van der Waals surface area contributed by atoms with Crippen LogP contribution in [0, 0.1) is 17.3 Å². The van der Waals surface area contributed by atoms with Gasteiger partial charge in [0.1, 0.15) is 0 Å². The predicted octanol–water partition coefficient (Wildman–Crippen LogP) is 1.87. The molecule has 1 saturated carbocycles. The van der Waals surface area contributed by atoms with Crippen molar-refractivity contribution in [3.05, 3.63) is 30.1 Å². The smallest absolute Gasteiger partial charge is 0.222 e. The minimum atomic E-state index is -0.0125. The Kier molecular flexibility index (Phi) is 4.07. The molecule has 5 heteroatoms. The molecular formula is C18H24N2O3. The summed E-state index contributed by atoms with van der Waals surface area (Å²) in [5.74, 6) is 1.39. The van der Waals surface area contributed by atoms with Gasteiger partial charge in [0.2, 0.25) is 5.91 Å². The number of carbonyl (C=O) groups excluding carboxylic acids is 1. The third-order valence-electron chi connectivity index (χ3n) is 5.42. The van der Waals surface area contributed by atoms with Crippen LogP contribution in [0.25, 0.3) is 0 Å². The minimum absolute atomic E-state index is 0.0125. The number of nitrogens with zero attached hydrogens (tertiary/aromatic N) is 2. The first-order valence-corrected chi connectivity index (χ1v) is 8.57. The van der Waals surface area contributed by atoms with Crippen LogP contribution in [0.15, 0.2) is 24.5 Å². The van der Waals surface area contributed by atoms with Crippen molar-refractivity contribution in [2.45, 2.75) is 25.9 Å². The van der Waals surface area contributed by atoms with Crippen molar-refractivity contribution in [3.8, 4) is 0 Å². The van der Waals surface area contributed by atoms with Crippen molar-refractivity contribution in [1.29, 1.82) is 0 Å². The average Bonchev–Trinajstić information content (AvgIpc) is 3.17. The lowest BCUT2D eigenvalue weighted by Crippen LogP contribution is -2.37. The zero-order chi connectivity index (χ0) is 15.7. The van der Waals surface area contributed by atoms with Crippen molar-refractivity contribution in [1.82, 2.24) is 9.88 Å². The highest BCUT2D eigenvalue weighted by molar-refractivity contribution is 5.77. The SMILES string of the molecule is O=C(CC1CC1)N1C[C@@H]2COC[C@]2(COCc2cccnc2)C1. The van der Waals surface area contributed by atoms with Crippen LogP contribution in [0.1, 0.15) is 24.8 Å². The molecule has 3 fully saturated rings. The molecule has 1 aromatic heterocycles. The van der Waals surface area contributed by atoms with E-state index >= 15 is 0 Å². The topological polar surface area (TPSA) is 51.7 Å². The van der Waals surface area contributed by atoms with E-state index in [2.05, 4.69) is 9.88 Å². The molecule has 2 atom stereocenters. The summed E-state index contributed by atoms with van der Waals surface area (Å²) in [7, 11) is 0. The Balaban J connectivity index is 1.34. The molecule has 2 saturated heterocycles. The van der Waals surface area contributed by atoms with Gasteiger partial charge in [-0.1, -0.05) is 6.07 Å². The Morgan fingerprint density at radius 1 is 1.48 bits per heavy atom. The van der Waals surface area contributed by atoms with Crippen molar-refractivity contribution in [2.24, 2.45) is 17.3 Å². The Labute approximate surface area is 137 Å². The van der Waals surface area contributed by atoms with Gasteiger partial charge < -0.3 is 14.4 Å². The average molecular weight is 316 g/mol. The molecule has 0 radical (unpaired) electrons. The fourth-order valence-corrected chi connectivity index (χ4v) is 3.78. The van der Waals surface area contributed by atoms with Crippen LogP contribution in [0.3, 0.4) is 0 Å². The monoisotopic (exact) mass is 316 g/mol. The maximum Gasteiger partial charge on any atom is 0.222 e. The van der Waals surface area contributed by atoms with Gasteiger partial charge in [-0.3, -0.25) is 9.78 Å². The first-order chi connectivity index (χ1) is 11.3. The van der Waals surface area contributed by atoms with E-state index in [-0.39, 0.29) is 5.41 Å². The first kappa shape index (κ1) is 15.1. The first-order valence-electron chi connectivity index (χ1n) is 8.57. The second kappa shape index (κ2) is 6.21. The summed E-state index contributed by atoms with van der Waals surface area (Å²) < 4.78 is 11.7. The molecule has 0 N–H and O–H groups in total. The van der Waals surface area contributed by atoms with E-state index in [1.165, 1.54) is 12.8 Å². The number of hydrogen-bond donors (Lipinski definition) is 0. The third kappa shape index (κ3) is 3.26. The normalized spacial score (nSPS) is 29.7. The summed E-state index contributed by atoms with van der Waals surface area (Å²) >= 11 is 0. The minimum Gasteiger partial charge on any atom is -0.380 e. The molecular weight excluding hydrogens is 292 g/mol. The lowest BCUT2D eigenvalue weighted by Gasteiger charge is -2.27. The van der Waals surface area contributed by atoms with Crippen LogP contribution < -0.4 is 0 Å². The summed E-state index contributed by atoms with van der Waals surface area (Å²) in [4.78, 5) is 18.6. The molecule has 1 aromatic rings. The maximum absolute atomic E-state index is 12.4. The number of rotatable bonds is 6. The highest BCUT2D eigenvalue weighted by atomic mass is 16.5. The highest BCUT2D eigenvalue weighted by Crippen LogP contribution is 2.43. The second-order valence-electron chi connectivity index (χ2n) is 7.35. The molecule has 0 spiro atoms. The van der Waals surface area contributed by atoms with E-state index in [9.17, 15) is 4.79 Å². The number of aromatic nitrogens is 1. The van der Waals surface area contributed by atoms with Gasteiger partial charge in [-0.05, 0) is 30.4 Å². The van der Waals surface area contributed by atoms with E-state index < -0.39 is 0 Å². The number of pyridine rings is 1. The lowest BCUT2D eigenvalue weighted by molar-refractivity contribution is -0.131. The molecule has 1 aliphatic carbocycles. The molecule has 0 unspecified atom stereocenters. The Hall–Kier alpha value is -1.46. The molecule has 3 heterocycles. The zero-order valence-electron chi connectivity index (χ0n) is 13.4. The Morgan fingerprint density at radius 3 is 3.17 bits per heavy atom. The quantitative estimate of drug-likeness (QED) is 0.804. The van der Waals surface area contributed by atoms with Gasteiger partial charge in [-0.25, -0.2) is 0 Å². The highest BCUT2D eigenvalue weighted by Gasteiger charge is 2.52. The molecule has 0 bridgehead atoms. The molecule has 3 aliphatic rings. The Bertz CT molecular complexity index is 561. The number of fused-ring (bicyclic) bond motifs is 1. The van der Waals surface area contributed by atoms with Gasteiger partial charge in [0, 0.05) is 43.2 Å². The third-order valence-corrected chi connectivity index (χ3v) is 5.42. The van der Waals surface area contributed by atoms with Crippen LogP contribution in [-0.2, 0) is 20.9 Å². The predicted molar refractivity (Wildman–Crippen MR) is 84.6 cm³/mol. The van der Waals surface area contributed by atoms with Gasteiger partial charge in [0.25, 0.3) is 0 Å². The molecule has 5 nitrogen and oxygen atoms in total. The van der Waals surface area contributed by atoms with Crippen LogP contribution in [0.2, 0.25) is 0 Å². The van der Waals surface area contributed by atoms with Gasteiger partial charge in [-0.15, -0.1) is 0 Å². The van der Waals surface area contributed by atoms with E-state index in [0.717, 1.165) is 31.7 Å². The maximum atomic E-state index is 12.4. The van der Waals surface area contributed by atoms with Gasteiger partial charge in [0.05, 0.1) is 26.4 Å². The fourth-order valence-electron chi connectivity index (χ4n) is 3.78. The van der Waals surface area contributed by atoms with E-state index in [0.29, 0.717) is 37.6 Å². The lowest BCUT2D eigenvalue weighted by atomic mass is 9.82. The van der Waals surface area contributed by atoms with Crippen molar-refractivity contribution >= 4 is 5.91 Å². The van der Waals surface area contributed by atoms with Crippen molar-refractivity contribution in [2.75, 3.05) is 32.9 Å². The Morgan fingerprint density at radius 2 is 2.39 bits per heavy atom. The molecule has 0 aromatic carbocycles.